The van der Waals surface area contributed by atoms with Gasteiger partial charge in [-0.25, -0.2) is 0 Å². The van der Waals surface area contributed by atoms with Gasteiger partial charge in [-0.3, -0.25) is 0 Å². The molecule has 0 heterocycles. The quantitative estimate of drug-likeness (QED) is 0.244. The summed E-state index contributed by atoms with van der Waals surface area (Å²) in [5, 5.41) is 1.46. The largest absolute Gasteiger partial charge is 0.748 e. The first-order valence-corrected chi connectivity index (χ1v) is 11.0. The minimum absolute atomic E-state index is 0. The minimum Gasteiger partial charge on any atom is -0.748 e. The van der Waals surface area contributed by atoms with E-state index < -0.39 is 0 Å². The normalized spacial score (nSPS) is 10.0. The third-order valence-electron chi connectivity index (χ3n) is 5.04. The summed E-state index contributed by atoms with van der Waals surface area (Å²) in [4.78, 5) is 0. The molecule has 2 heteroatoms. The van der Waals surface area contributed by atoms with Gasteiger partial charge in [0.15, 0.2) is 0 Å². The summed E-state index contributed by atoms with van der Waals surface area (Å²) >= 11 is 0. The summed E-state index contributed by atoms with van der Waals surface area (Å²) in [7, 11) is 1.03. The van der Waals surface area contributed by atoms with Crippen LogP contribution in [0.3, 0.4) is 0 Å². The Morgan fingerprint density at radius 3 is 1.40 bits per heavy atom. The van der Waals surface area contributed by atoms with Crippen molar-refractivity contribution in [3.63, 3.8) is 0 Å². The van der Waals surface area contributed by atoms with Crippen LogP contribution >= 0.6 is 0 Å². The predicted octanol–water partition coefficient (Wildman–Crippen LogP) is 5.80. The summed E-state index contributed by atoms with van der Waals surface area (Å²) in [6, 6.07) is 44.6. The SMILES string of the molecule is [Fe].[SiH3][c-]1cc(-c2ccccc2)c(-c2ccccc2)c1-c1ccccc1.[cH-]1[cH-][cH-][cH-][cH-]1. The molecular weight excluding hydrogens is 420 g/mol. The van der Waals surface area contributed by atoms with Crippen molar-refractivity contribution < 1.29 is 17.1 Å². The van der Waals surface area contributed by atoms with Crippen molar-refractivity contribution in [1.29, 1.82) is 0 Å². The fraction of sp³-hybridized carbons (Fsp3) is 0. The molecule has 0 saturated heterocycles. The molecular formula is C28H24FeSi-6. The van der Waals surface area contributed by atoms with E-state index >= 15 is 0 Å². The third-order valence-corrected chi connectivity index (χ3v) is 5.83. The van der Waals surface area contributed by atoms with Gasteiger partial charge in [-0.2, -0.15) is 0 Å². The molecule has 5 aromatic carbocycles. The van der Waals surface area contributed by atoms with Gasteiger partial charge in [0.25, 0.3) is 0 Å². The van der Waals surface area contributed by atoms with Gasteiger partial charge in [-0.05, 0) is 10.2 Å². The first-order chi connectivity index (χ1) is 14.3. The molecule has 0 aromatic heterocycles. The molecule has 0 bridgehead atoms. The Morgan fingerprint density at radius 2 is 0.933 bits per heavy atom. The zero-order valence-electron chi connectivity index (χ0n) is 17.0. The molecule has 5 aromatic rings. The van der Waals surface area contributed by atoms with Crippen LogP contribution in [0.15, 0.2) is 127 Å². The summed E-state index contributed by atoms with van der Waals surface area (Å²) in [6.07, 6.45) is 0. The predicted molar refractivity (Wildman–Crippen MR) is 130 cm³/mol. The summed E-state index contributed by atoms with van der Waals surface area (Å²) in [5.74, 6) is 0. The van der Waals surface area contributed by atoms with Crippen LogP contribution in [-0.4, -0.2) is 10.2 Å². The van der Waals surface area contributed by atoms with E-state index in [1.165, 1.54) is 38.6 Å². The summed E-state index contributed by atoms with van der Waals surface area (Å²) in [6.45, 7) is 0. The molecule has 0 saturated carbocycles. The molecule has 0 spiro atoms. The van der Waals surface area contributed by atoms with Gasteiger partial charge in [-0.1, -0.05) is 108 Å². The van der Waals surface area contributed by atoms with Gasteiger partial charge in [0.1, 0.15) is 0 Å². The Kier molecular flexibility index (Phi) is 7.81. The van der Waals surface area contributed by atoms with Gasteiger partial charge in [-0.15, -0.1) is 27.9 Å². The molecule has 0 aliphatic carbocycles. The van der Waals surface area contributed by atoms with Crippen LogP contribution in [0.25, 0.3) is 33.4 Å². The Hall–Kier alpha value is -2.90. The molecule has 0 amide bonds. The van der Waals surface area contributed by atoms with Crippen LogP contribution in [0.1, 0.15) is 0 Å². The molecule has 0 radical (unpaired) electrons. The Labute approximate surface area is 192 Å². The van der Waals surface area contributed by atoms with Crippen molar-refractivity contribution in [3.8, 4) is 33.4 Å². The van der Waals surface area contributed by atoms with Crippen LogP contribution in [0.2, 0.25) is 0 Å². The van der Waals surface area contributed by atoms with E-state index in [2.05, 4.69) is 97.1 Å². The molecule has 0 nitrogen and oxygen atoms in total. The van der Waals surface area contributed by atoms with Crippen molar-refractivity contribution in [2.24, 2.45) is 0 Å². The van der Waals surface area contributed by atoms with Crippen molar-refractivity contribution in [2.45, 2.75) is 0 Å². The van der Waals surface area contributed by atoms with Gasteiger partial charge in [0, 0.05) is 17.1 Å². The van der Waals surface area contributed by atoms with Crippen molar-refractivity contribution in [1.82, 2.24) is 0 Å². The second-order valence-electron chi connectivity index (χ2n) is 7.05. The zero-order valence-corrected chi connectivity index (χ0v) is 20.1. The maximum atomic E-state index is 2.38. The van der Waals surface area contributed by atoms with E-state index in [1.807, 2.05) is 30.3 Å². The smallest absolute Gasteiger partial charge is 0 e. The molecule has 0 aliphatic heterocycles. The Morgan fingerprint density at radius 1 is 0.533 bits per heavy atom. The van der Waals surface area contributed by atoms with Gasteiger partial charge < -0.3 is 30.3 Å². The van der Waals surface area contributed by atoms with E-state index in [0.29, 0.717) is 0 Å². The average molecular weight is 444 g/mol. The number of rotatable bonds is 3. The van der Waals surface area contributed by atoms with Crippen LogP contribution < -0.4 is 5.19 Å². The molecule has 0 N–H and O–H groups in total. The number of benzene rings is 3. The average Bonchev–Trinajstić information content (AvgIpc) is 3.47. The van der Waals surface area contributed by atoms with Crippen molar-refractivity contribution in [2.75, 3.05) is 0 Å². The van der Waals surface area contributed by atoms with E-state index in [1.54, 1.807) is 0 Å². The third kappa shape index (κ3) is 4.98. The van der Waals surface area contributed by atoms with Crippen LogP contribution in [0.4, 0.5) is 0 Å². The topological polar surface area (TPSA) is 0 Å². The van der Waals surface area contributed by atoms with E-state index in [4.69, 9.17) is 0 Å². The first kappa shape index (κ1) is 21.8. The van der Waals surface area contributed by atoms with Gasteiger partial charge >= 0.3 is 0 Å². The summed E-state index contributed by atoms with van der Waals surface area (Å²) in [5.41, 5.74) is 7.98. The van der Waals surface area contributed by atoms with Crippen molar-refractivity contribution in [3.05, 3.63) is 127 Å². The second-order valence-corrected chi connectivity index (χ2v) is 8.13. The van der Waals surface area contributed by atoms with E-state index in [-0.39, 0.29) is 17.1 Å². The van der Waals surface area contributed by atoms with E-state index in [9.17, 15) is 0 Å². The van der Waals surface area contributed by atoms with Crippen LogP contribution in [0.5, 0.6) is 0 Å². The van der Waals surface area contributed by atoms with Crippen molar-refractivity contribution >= 4 is 15.4 Å². The maximum absolute atomic E-state index is 2.38. The maximum Gasteiger partial charge on any atom is 0 e. The minimum atomic E-state index is 0. The van der Waals surface area contributed by atoms with Crippen LogP contribution in [0, 0.1) is 0 Å². The molecule has 0 fully saturated rings. The fourth-order valence-electron chi connectivity index (χ4n) is 3.74. The Bertz CT molecular complexity index is 1110. The first-order valence-electron chi connectivity index (χ1n) is 9.98. The standard InChI is InChI=1S/C23H19Si.C5H5.Fe/c24-21-16-20(17-10-4-1-5-11-17)22(18-12-6-2-7-13-18)23(21)19-14-8-3-9-15-19;1-2-4-5-3-1;/h1-16H,24H3;1-5H;/q-1;-5;. The zero-order chi connectivity index (χ0) is 19.9. The van der Waals surface area contributed by atoms with Crippen LogP contribution in [-0.2, 0) is 17.1 Å². The molecule has 0 aliphatic rings. The Balaban J connectivity index is 0.000000376. The number of hydrogen-bond donors (Lipinski definition) is 0. The monoisotopic (exact) mass is 444 g/mol. The molecule has 30 heavy (non-hydrogen) atoms. The molecule has 154 valence electrons. The summed E-state index contributed by atoms with van der Waals surface area (Å²) < 4.78 is 0. The van der Waals surface area contributed by atoms with Gasteiger partial charge in [0.2, 0.25) is 0 Å². The van der Waals surface area contributed by atoms with Gasteiger partial charge in [0.05, 0.1) is 0 Å². The fourth-order valence-corrected chi connectivity index (χ4v) is 4.57. The molecule has 0 unspecified atom stereocenters. The second kappa shape index (κ2) is 10.8. The van der Waals surface area contributed by atoms with E-state index in [0.717, 1.165) is 10.2 Å². The molecule has 0 atom stereocenters. The number of hydrogen-bond acceptors (Lipinski definition) is 0. The molecule has 5 rings (SSSR count).